The predicted octanol–water partition coefficient (Wildman–Crippen LogP) is -2.61. The standard InChI is InChI=1S/C4H12BNO2/c1-8-4(7)2-3-6-5/h2-3,6H2,1,5H3. The van der Waals surface area contributed by atoms with Crippen LogP contribution in [0.15, 0.2) is 0 Å². The minimum atomic E-state index is -0.0960. The van der Waals surface area contributed by atoms with Gasteiger partial charge in [0.05, 0.1) is 13.5 Å². The zero-order valence-electron chi connectivity index (χ0n) is 4.31. The molecule has 0 radical (unpaired) electrons. The smallest absolute Gasteiger partial charge is 0.311 e. The molecule has 0 saturated heterocycles. The van der Waals surface area contributed by atoms with Gasteiger partial charge in [0.15, 0.2) is 7.98 Å². The second-order valence-electron chi connectivity index (χ2n) is 1.11. The van der Waals surface area contributed by atoms with Gasteiger partial charge in [0, 0.05) is 6.54 Å². The van der Waals surface area contributed by atoms with Crippen molar-refractivity contribution >= 4 is 14.0 Å². The van der Waals surface area contributed by atoms with Gasteiger partial charge in [-0.3, -0.25) is 4.79 Å². The van der Waals surface area contributed by atoms with Crippen LogP contribution in [-0.2, 0) is 9.53 Å². The summed E-state index contributed by atoms with van der Waals surface area (Å²) in [6.45, 7) is 0.923. The summed E-state index contributed by atoms with van der Waals surface area (Å²) < 4.78 is 4.42. The van der Waals surface area contributed by atoms with Gasteiger partial charge in [0.2, 0.25) is 0 Å². The number of methoxy groups -OCH3 is 1. The summed E-state index contributed by atoms with van der Waals surface area (Å²) in [6.07, 6.45) is 0.569. The van der Waals surface area contributed by atoms with E-state index in [2.05, 4.69) is 9.96 Å². The van der Waals surface area contributed by atoms with Gasteiger partial charge in [-0.05, 0) is 0 Å². The molecule has 4 heteroatoms. The van der Waals surface area contributed by atoms with Crippen LogP contribution in [0.5, 0.6) is 0 Å². The maximum atomic E-state index is 10.4. The van der Waals surface area contributed by atoms with E-state index in [0.717, 1.165) is 6.54 Å². The van der Waals surface area contributed by atoms with Gasteiger partial charge < -0.3 is 9.96 Å². The molecule has 0 fully saturated rings. The van der Waals surface area contributed by atoms with Gasteiger partial charge >= 0.3 is 5.97 Å². The zero-order valence-corrected chi connectivity index (χ0v) is 4.31. The third kappa shape index (κ3) is 3.68. The Bertz CT molecular complexity index is 76.4. The number of rotatable bonds is 3. The average molecular weight is 117 g/mol. The van der Waals surface area contributed by atoms with Gasteiger partial charge in [0.25, 0.3) is 0 Å². The fourth-order valence-corrected chi connectivity index (χ4v) is 0.220. The lowest BCUT2D eigenvalue weighted by atomic mass is 10.3. The molecule has 0 unspecified atom stereocenters. The Morgan fingerprint density at radius 2 is 2.50 bits per heavy atom. The molecule has 0 aliphatic heterocycles. The monoisotopic (exact) mass is 117 g/mol. The maximum Gasteiger partial charge on any atom is 0.311 e. The lowest BCUT2D eigenvalue weighted by Crippen LogP contribution is -2.81. The second-order valence-corrected chi connectivity index (χ2v) is 1.11. The number of esters is 1. The van der Waals surface area contributed by atoms with Crippen molar-refractivity contribution in [3.05, 3.63) is 0 Å². The van der Waals surface area contributed by atoms with Crippen LogP contribution in [0, 0.1) is 0 Å². The number of nitrogens with two attached hydrogens (primary N) is 1. The SMILES string of the molecule is [BH3-][NH2+]CCC(=O)OC. The highest BCUT2D eigenvalue weighted by Crippen LogP contribution is 1.75. The number of carbonyl (C=O) groups is 1. The largest absolute Gasteiger partial charge is 0.543 e. The van der Waals surface area contributed by atoms with Crippen molar-refractivity contribution in [1.82, 2.24) is 0 Å². The minimum absolute atomic E-state index is 0.0960. The van der Waals surface area contributed by atoms with Crippen molar-refractivity contribution in [2.75, 3.05) is 13.7 Å². The van der Waals surface area contributed by atoms with Crippen LogP contribution in [0.2, 0.25) is 0 Å². The Morgan fingerprint density at radius 1 is 1.88 bits per heavy atom. The summed E-state index contributed by atoms with van der Waals surface area (Å²) in [5.41, 5.74) is 0. The van der Waals surface area contributed by atoms with Crippen LogP contribution in [0.25, 0.3) is 0 Å². The normalized spacial score (nSPS) is 8.75. The van der Waals surface area contributed by atoms with Crippen LogP contribution in [0.1, 0.15) is 6.42 Å². The molecule has 0 amide bonds. The minimum Gasteiger partial charge on any atom is -0.543 e. The molecule has 0 aromatic carbocycles. The molecule has 0 atom stereocenters. The molecule has 3 nitrogen and oxygen atoms in total. The predicted molar refractivity (Wildman–Crippen MR) is 33.4 cm³/mol. The highest BCUT2D eigenvalue weighted by atomic mass is 16.5. The fraction of sp³-hybridized carbons (Fsp3) is 0.750. The first-order valence-corrected chi connectivity index (χ1v) is 2.08. The topological polar surface area (TPSA) is 42.9 Å². The summed E-state index contributed by atoms with van der Waals surface area (Å²) in [6, 6.07) is 0. The van der Waals surface area contributed by atoms with Crippen LogP contribution in [-0.4, -0.2) is 27.6 Å². The fourth-order valence-electron chi connectivity index (χ4n) is 0.220. The molecule has 0 saturated carbocycles. The van der Waals surface area contributed by atoms with Gasteiger partial charge in [-0.15, -0.1) is 0 Å². The van der Waals surface area contributed by atoms with E-state index in [9.17, 15) is 4.79 Å². The van der Waals surface area contributed by atoms with E-state index in [-0.39, 0.29) is 5.97 Å². The molecule has 0 bridgehead atoms. The summed E-state index contributed by atoms with van der Waals surface area (Å²) in [5.74, 6) is -0.0960. The number of carbonyl (C=O) groups excluding carboxylic acids is 1. The Morgan fingerprint density at radius 3 is 2.88 bits per heavy atom. The Labute approximate surface area is 49.8 Å². The van der Waals surface area contributed by atoms with Crippen molar-refractivity contribution in [3.63, 3.8) is 0 Å². The summed E-state index contributed by atoms with van der Waals surface area (Å²) in [7, 11) is 1.80. The molecular formula is C4H12BNO2. The molecule has 2 N–H and O–H groups in total. The Kier molecular flexibility index (Phi) is 4.36. The second kappa shape index (κ2) is 4.65. The maximum absolute atomic E-state index is 10.4. The van der Waals surface area contributed by atoms with Crippen LogP contribution in [0.4, 0.5) is 0 Å². The number of ether oxygens (including phenoxy) is 1. The summed E-state index contributed by atoms with van der Waals surface area (Å²) in [5, 5.41) is 2.19. The quantitative estimate of drug-likeness (QED) is 0.325. The zero-order chi connectivity index (χ0) is 6.41. The third-order valence-corrected chi connectivity index (χ3v) is 0.576. The van der Waals surface area contributed by atoms with E-state index in [4.69, 9.17) is 0 Å². The van der Waals surface area contributed by atoms with E-state index in [1.54, 1.807) is 0 Å². The van der Waals surface area contributed by atoms with Gasteiger partial charge in [0.1, 0.15) is 0 Å². The Hall–Kier alpha value is -0.505. The molecule has 0 aliphatic carbocycles. The van der Waals surface area contributed by atoms with Crippen molar-refractivity contribution in [2.45, 2.75) is 6.42 Å². The van der Waals surface area contributed by atoms with Gasteiger partial charge in [-0.25, -0.2) is 0 Å². The van der Waals surface area contributed by atoms with Crippen molar-refractivity contribution in [3.8, 4) is 0 Å². The van der Waals surface area contributed by atoms with Crippen molar-refractivity contribution in [1.29, 1.82) is 0 Å². The molecule has 0 aromatic heterocycles. The molecule has 0 aromatic rings. The highest BCUT2D eigenvalue weighted by molar-refractivity contribution is 5.93. The first-order valence-electron chi connectivity index (χ1n) is 2.08. The molecule has 8 heavy (non-hydrogen) atoms. The molecule has 0 aliphatic rings. The molecule has 0 heterocycles. The first kappa shape index (κ1) is 7.49. The van der Waals surface area contributed by atoms with Crippen LogP contribution < -0.4 is 5.23 Å². The molecule has 0 spiro atoms. The third-order valence-electron chi connectivity index (χ3n) is 0.576. The number of quaternary nitrogens is 1. The van der Waals surface area contributed by atoms with E-state index >= 15 is 0 Å². The van der Waals surface area contributed by atoms with E-state index in [1.165, 1.54) is 7.11 Å². The summed E-state index contributed by atoms with van der Waals surface area (Å²) in [4.78, 5) is 10.4. The van der Waals surface area contributed by atoms with Crippen LogP contribution >= 0.6 is 0 Å². The van der Waals surface area contributed by atoms with E-state index < -0.39 is 0 Å². The number of hydrogen-bond acceptors (Lipinski definition) is 2. The number of hydrogen-bond donors (Lipinski definition) is 1. The molecular weight excluding hydrogens is 105 g/mol. The average Bonchev–Trinajstić information content (AvgIpc) is 1.83. The lowest BCUT2D eigenvalue weighted by Gasteiger charge is -1.96. The van der Waals surface area contributed by atoms with Crippen molar-refractivity contribution < 1.29 is 14.8 Å². The Balaban J connectivity index is 2.99. The van der Waals surface area contributed by atoms with E-state index in [1.807, 2.05) is 0 Å². The van der Waals surface area contributed by atoms with Crippen molar-refractivity contribution in [2.24, 2.45) is 0 Å². The lowest BCUT2D eigenvalue weighted by molar-refractivity contribution is -0.505. The van der Waals surface area contributed by atoms with Crippen LogP contribution in [0.3, 0.4) is 0 Å². The summed E-state index contributed by atoms with van der Waals surface area (Å²) >= 11 is 0. The highest BCUT2D eigenvalue weighted by Gasteiger charge is 1.95. The van der Waals surface area contributed by atoms with Gasteiger partial charge in [-0.2, -0.15) is 0 Å². The first-order chi connectivity index (χ1) is 3.81. The molecule has 48 valence electrons. The van der Waals surface area contributed by atoms with E-state index in [0.29, 0.717) is 14.4 Å². The molecule has 0 rings (SSSR count). The van der Waals surface area contributed by atoms with Gasteiger partial charge in [-0.1, -0.05) is 0 Å².